The molecule has 2 N–H and O–H groups in total. The van der Waals surface area contributed by atoms with Gasteiger partial charge in [-0.15, -0.1) is 0 Å². The lowest BCUT2D eigenvalue weighted by atomic mass is 9.98. The van der Waals surface area contributed by atoms with E-state index in [9.17, 15) is 9.59 Å². The third-order valence-corrected chi connectivity index (χ3v) is 2.52. The summed E-state index contributed by atoms with van der Waals surface area (Å²) >= 11 is 5.10. The highest BCUT2D eigenvalue weighted by atomic mass is 32.1. The SMILES string of the molecule is O=C1NC(=O)C(C2=CC=CCC2=S)N1. The quantitative estimate of drug-likeness (QED) is 0.486. The first-order chi connectivity index (χ1) is 6.68. The molecule has 0 aromatic carbocycles. The zero-order chi connectivity index (χ0) is 10.1. The molecule has 0 aromatic heterocycles. The Morgan fingerprint density at radius 1 is 1.43 bits per heavy atom. The van der Waals surface area contributed by atoms with Gasteiger partial charge in [-0.25, -0.2) is 4.79 Å². The Kier molecular flexibility index (Phi) is 2.17. The fraction of sp³-hybridized carbons (Fsp3) is 0.222. The summed E-state index contributed by atoms with van der Waals surface area (Å²) in [5.74, 6) is -0.334. The highest BCUT2D eigenvalue weighted by Gasteiger charge is 2.33. The normalized spacial score (nSPS) is 25.9. The Morgan fingerprint density at radius 2 is 2.21 bits per heavy atom. The zero-order valence-corrected chi connectivity index (χ0v) is 8.06. The predicted molar refractivity (Wildman–Crippen MR) is 54.9 cm³/mol. The molecule has 3 amide bonds. The van der Waals surface area contributed by atoms with E-state index in [0.29, 0.717) is 16.9 Å². The summed E-state index contributed by atoms with van der Waals surface area (Å²) in [5, 5.41) is 4.69. The lowest BCUT2D eigenvalue weighted by Gasteiger charge is -2.14. The number of urea groups is 1. The van der Waals surface area contributed by atoms with Gasteiger partial charge in [-0.3, -0.25) is 10.1 Å². The van der Waals surface area contributed by atoms with Crippen LogP contribution in [0, 0.1) is 0 Å². The Balaban J connectivity index is 2.26. The van der Waals surface area contributed by atoms with E-state index in [1.54, 1.807) is 6.08 Å². The van der Waals surface area contributed by atoms with Gasteiger partial charge < -0.3 is 5.32 Å². The van der Waals surface area contributed by atoms with E-state index in [2.05, 4.69) is 10.6 Å². The molecule has 0 radical (unpaired) electrons. The third kappa shape index (κ3) is 1.46. The van der Waals surface area contributed by atoms with Crippen molar-refractivity contribution in [3.63, 3.8) is 0 Å². The predicted octanol–water partition coefficient (Wildman–Crippen LogP) is 0.451. The number of carbonyl (C=O) groups is 2. The fourth-order valence-corrected chi connectivity index (χ4v) is 1.73. The van der Waals surface area contributed by atoms with Crippen molar-refractivity contribution in [2.45, 2.75) is 12.5 Å². The average Bonchev–Trinajstić information content (AvgIpc) is 2.46. The number of rotatable bonds is 1. The molecule has 1 unspecified atom stereocenters. The van der Waals surface area contributed by atoms with Gasteiger partial charge in [0, 0.05) is 11.3 Å². The van der Waals surface area contributed by atoms with Crippen LogP contribution in [0.15, 0.2) is 23.8 Å². The van der Waals surface area contributed by atoms with Crippen LogP contribution in [-0.2, 0) is 4.79 Å². The van der Waals surface area contributed by atoms with Crippen LogP contribution in [0.4, 0.5) is 4.79 Å². The first-order valence-electron chi connectivity index (χ1n) is 4.20. The van der Waals surface area contributed by atoms with E-state index >= 15 is 0 Å². The highest BCUT2D eigenvalue weighted by Crippen LogP contribution is 2.16. The van der Waals surface area contributed by atoms with Crippen molar-refractivity contribution in [3.05, 3.63) is 23.8 Å². The number of allylic oxidation sites excluding steroid dienone is 3. The second-order valence-corrected chi connectivity index (χ2v) is 3.57. The van der Waals surface area contributed by atoms with Crippen LogP contribution in [0.1, 0.15) is 6.42 Å². The molecule has 0 bridgehead atoms. The van der Waals surface area contributed by atoms with Gasteiger partial charge in [0.25, 0.3) is 5.91 Å². The molecule has 1 heterocycles. The van der Waals surface area contributed by atoms with Gasteiger partial charge in [0.05, 0.1) is 0 Å². The van der Waals surface area contributed by atoms with Gasteiger partial charge in [0.2, 0.25) is 0 Å². The Bertz CT molecular complexity index is 384. The lowest BCUT2D eigenvalue weighted by Crippen LogP contribution is -2.34. The summed E-state index contributed by atoms with van der Waals surface area (Å²) in [7, 11) is 0. The number of hydrogen-bond donors (Lipinski definition) is 2. The van der Waals surface area contributed by atoms with Crippen LogP contribution in [-0.4, -0.2) is 22.8 Å². The highest BCUT2D eigenvalue weighted by molar-refractivity contribution is 7.80. The topological polar surface area (TPSA) is 58.2 Å². The molecule has 2 rings (SSSR count). The minimum absolute atomic E-state index is 0.334. The van der Waals surface area contributed by atoms with Crippen LogP contribution in [0.5, 0.6) is 0 Å². The fourth-order valence-electron chi connectivity index (χ4n) is 1.45. The van der Waals surface area contributed by atoms with Crippen molar-refractivity contribution in [2.24, 2.45) is 0 Å². The maximum atomic E-state index is 11.3. The van der Waals surface area contributed by atoms with Gasteiger partial charge in [-0.05, 0) is 5.57 Å². The second kappa shape index (κ2) is 3.34. The number of hydrogen-bond acceptors (Lipinski definition) is 3. The number of amides is 3. The van der Waals surface area contributed by atoms with E-state index in [4.69, 9.17) is 12.2 Å². The van der Waals surface area contributed by atoms with Crippen molar-refractivity contribution in [1.82, 2.24) is 10.6 Å². The molecule has 0 aromatic rings. The Hall–Kier alpha value is -1.49. The molecule has 72 valence electrons. The number of carbonyl (C=O) groups excluding carboxylic acids is 2. The van der Waals surface area contributed by atoms with Gasteiger partial charge in [0.1, 0.15) is 6.04 Å². The van der Waals surface area contributed by atoms with Crippen molar-refractivity contribution in [2.75, 3.05) is 0 Å². The van der Waals surface area contributed by atoms with Gasteiger partial charge >= 0.3 is 6.03 Å². The summed E-state index contributed by atoms with van der Waals surface area (Å²) in [6, 6.07) is -1.07. The van der Waals surface area contributed by atoms with E-state index in [1.165, 1.54) is 0 Å². The van der Waals surface area contributed by atoms with Gasteiger partial charge in [-0.2, -0.15) is 0 Å². The van der Waals surface area contributed by atoms with Gasteiger partial charge in [0.15, 0.2) is 0 Å². The van der Waals surface area contributed by atoms with E-state index in [0.717, 1.165) is 0 Å². The smallest absolute Gasteiger partial charge is 0.322 e. The average molecular weight is 208 g/mol. The zero-order valence-electron chi connectivity index (χ0n) is 7.24. The van der Waals surface area contributed by atoms with E-state index in [-0.39, 0.29) is 5.91 Å². The van der Waals surface area contributed by atoms with Crippen LogP contribution >= 0.6 is 12.2 Å². The molecule has 0 spiro atoms. The summed E-state index contributed by atoms with van der Waals surface area (Å²) in [4.78, 5) is 22.9. The van der Waals surface area contributed by atoms with Crippen LogP contribution in [0.2, 0.25) is 0 Å². The minimum atomic E-state index is -0.611. The molecule has 1 fully saturated rings. The number of imide groups is 1. The first-order valence-corrected chi connectivity index (χ1v) is 4.60. The third-order valence-electron chi connectivity index (χ3n) is 2.12. The largest absolute Gasteiger partial charge is 0.322 e. The van der Waals surface area contributed by atoms with Gasteiger partial charge in [-0.1, -0.05) is 30.4 Å². The van der Waals surface area contributed by atoms with Crippen molar-refractivity contribution < 1.29 is 9.59 Å². The molecule has 4 nitrogen and oxygen atoms in total. The standard InChI is InChI=1S/C9H8N2O2S/c12-8-7(10-9(13)11-8)5-3-1-2-4-6(5)14/h1-3,7H,4H2,(H2,10,11,12,13). The Morgan fingerprint density at radius 3 is 2.79 bits per heavy atom. The maximum Gasteiger partial charge on any atom is 0.322 e. The lowest BCUT2D eigenvalue weighted by molar-refractivity contribution is -0.119. The summed E-state index contributed by atoms with van der Waals surface area (Å²) < 4.78 is 0. The monoisotopic (exact) mass is 208 g/mol. The Labute approximate surface area is 86.0 Å². The molecule has 1 aliphatic heterocycles. The summed E-state index contributed by atoms with van der Waals surface area (Å²) in [6.45, 7) is 0. The summed E-state index contributed by atoms with van der Waals surface area (Å²) in [6.07, 6.45) is 6.17. The maximum absolute atomic E-state index is 11.3. The van der Waals surface area contributed by atoms with Crippen LogP contribution in [0.25, 0.3) is 0 Å². The van der Waals surface area contributed by atoms with Crippen molar-refractivity contribution in [1.29, 1.82) is 0 Å². The molecule has 1 saturated heterocycles. The van der Waals surface area contributed by atoms with Crippen LogP contribution in [0.3, 0.4) is 0 Å². The molecular formula is C9H8N2O2S. The van der Waals surface area contributed by atoms with Crippen molar-refractivity contribution in [3.8, 4) is 0 Å². The minimum Gasteiger partial charge on any atom is -0.322 e. The van der Waals surface area contributed by atoms with E-state index < -0.39 is 12.1 Å². The second-order valence-electron chi connectivity index (χ2n) is 3.07. The molecular weight excluding hydrogens is 200 g/mol. The molecule has 5 heteroatoms. The molecule has 0 saturated carbocycles. The molecule has 2 aliphatic rings. The molecule has 1 atom stereocenters. The van der Waals surface area contributed by atoms with Crippen LogP contribution < -0.4 is 10.6 Å². The first kappa shape index (κ1) is 9.08. The number of nitrogens with one attached hydrogen (secondary N) is 2. The molecule has 14 heavy (non-hydrogen) atoms. The summed E-state index contributed by atoms with van der Waals surface area (Å²) in [5.41, 5.74) is 0.714. The molecule has 1 aliphatic carbocycles. The number of thiocarbonyl (C=S) groups is 1. The van der Waals surface area contributed by atoms with E-state index in [1.807, 2.05) is 12.2 Å². The van der Waals surface area contributed by atoms with Crippen molar-refractivity contribution >= 4 is 29.0 Å².